The molecule has 0 aliphatic carbocycles. The van der Waals surface area contributed by atoms with Crippen LogP contribution in [0.3, 0.4) is 0 Å². The van der Waals surface area contributed by atoms with E-state index in [0.29, 0.717) is 6.42 Å². The maximum absolute atomic E-state index is 12.5. The first-order chi connectivity index (χ1) is 11.0. The van der Waals surface area contributed by atoms with Gasteiger partial charge in [-0.15, -0.1) is 0 Å². The van der Waals surface area contributed by atoms with E-state index in [1.807, 2.05) is 0 Å². The van der Waals surface area contributed by atoms with Crippen LogP contribution < -0.4 is 4.72 Å². The number of nitrogens with zero attached hydrogens (tertiary/aromatic N) is 1. The van der Waals surface area contributed by atoms with Gasteiger partial charge in [-0.05, 0) is 18.9 Å². The van der Waals surface area contributed by atoms with Crippen LogP contribution in [-0.4, -0.2) is 32.5 Å². The average molecular weight is 379 g/mol. The van der Waals surface area contributed by atoms with Crippen molar-refractivity contribution in [2.75, 3.05) is 7.11 Å². The molecule has 0 spiro atoms. The quantitative estimate of drug-likeness (QED) is 0.442. The molecular formula is C14H19ClN2O6S. The number of sulfonamides is 1. The van der Waals surface area contributed by atoms with Crippen molar-refractivity contribution in [3.8, 4) is 0 Å². The zero-order chi connectivity index (χ0) is 18.7. The summed E-state index contributed by atoms with van der Waals surface area (Å²) in [5.74, 6) is -1.07. The van der Waals surface area contributed by atoms with Crippen LogP contribution in [0, 0.1) is 23.0 Å². The second kappa shape index (κ2) is 7.91. The Labute approximate surface area is 145 Å². The summed E-state index contributed by atoms with van der Waals surface area (Å²) in [5.41, 5.74) is -0.256. The van der Waals surface area contributed by atoms with Crippen molar-refractivity contribution >= 4 is 33.3 Å². The molecule has 0 amide bonds. The van der Waals surface area contributed by atoms with Gasteiger partial charge in [0, 0.05) is 11.6 Å². The predicted octanol–water partition coefficient (Wildman–Crippen LogP) is 2.42. The number of benzene rings is 1. The maximum atomic E-state index is 12.5. The number of nitro groups is 1. The highest BCUT2D eigenvalue weighted by atomic mass is 35.5. The van der Waals surface area contributed by atoms with Crippen molar-refractivity contribution in [3.05, 3.63) is 32.8 Å². The molecule has 1 N–H and O–H groups in total. The molecule has 0 aliphatic rings. The lowest BCUT2D eigenvalue weighted by atomic mass is 10.0. The average Bonchev–Trinajstić information content (AvgIpc) is 2.53. The van der Waals surface area contributed by atoms with Crippen LogP contribution in [0.4, 0.5) is 5.69 Å². The Kier molecular flexibility index (Phi) is 6.70. The molecule has 0 heterocycles. The first-order valence-corrected chi connectivity index (χ1v) is 8.96. The van der Waals surface area contributed by atoms with Crippen LogP contribution in [0.5, 0.6) is 0 Å². The summed E-state index contributed by atoms with van der Waals surface area (Å²) in [6.07, 6.45) is 0.525. The second-order valence-electron chi connectivity index (χ2n) is 5.31. The molecule has 0 saturated carbocycles. The predicted molar refractivity (Wildman–Crippen MR) is 88.4 cm³/mol. The maximum Gasteiger partial charge on any atom is 0.324 e. The van der Waals surface area contributed by atoms with E-state index in [2.05, 4.69) is 9.46 Å². The van der Waals surface area contributed by atoms with Gasteiger partial charge in [-0.3, -0.25) is 14.9 Å². The first-order valence-electron chi connectivity index (χ1n) is 7.09. The highest BCUT2D eigenvalue weighted by Crippen LogP contribution is 2.29. The Hall–Kier alpha value is -1.71. The van der Waals surface area contributed by atoms with Crippen molar-refractivity contribution in [2.45, 2.75) is 38.1 Å². The molecule has 10 heteroatoms. The fourth-order valence-corrected chi connectivity index (χ4v) is 3.60. The lowest BCUT2D eigenvalue weighted by molar-refractivity contribution is -0.385. The van der Waals surface area contributed by atoms with Crippen molar-refractivity contribution < 1.29 is 22.9 Å². The fraction of sp³-hybridized carbons (Fsp3) is 0.500. The van der Waals surface area contributed by atoms with Gasteiger partial charge in [-0.1, -0.05) is 31.9 Å². The van der Waals surface area contributed by atoms with E-state index in [4.69, 9.17) is 11.6 Å². The monoisotopic (exact) mass is 378 g/mol. The molecule has 0 aromatic heterocycles. The third-order valence-corrected chi connectivity index (χ3v) is 5.56. The fourth-order valence-electron chi connectivity index (χ4n) is 1.98. The molecule has 0 radical (unpaired) electrons. The van der Waals surface area contributed by atoms with Crippen molar-refractivity contribution in [1.29, 1.82) is 0 Å². The van der Waals surface area contributed by atoms with Crippen LogP contribution in [0.2, 0.25) is 5.02 Å². The Morgan fingerprint density at radius 3 is 2.50 bits per heavy atom. The van der Waals surface area contributed by atoms with Gasteiger partial charge in [-0.2, -0.15) is 4.72 Å². The number of nitro benzene ring substituents is 1. The number of nitrogens with one attached hydrogen (secondary N) is 1. The topological polar surface area (TPSA) is 116 Å². The molecular weight excluding hydrogens is 360 g/mol. The van der Waals surface area contributed by atoms with Gasteiger partial charge in [0.2, 0.25) is 10.0 Å². The number of ether oxygens (including phenoxy) is 1. The molecule has 1 aromatic carbocycles. The van der Waals surface area contributed by atoms with Crippen LogP contribution in [0.25, 0.3) is 0 Å². The largest absolute Gasteiger partial charge is 0.468 e. The standard InChI is InChI=1S/C14H19ClN2O6S/c1-5-8(2)13(14(18)23-4)16-24(21,22)10-6-11(15)9(3)12(7-10)17(19)20/h6-8,13,16H,5H2,1-4H3/t8-,13+/m0/s1. The zero-order valence-electron chi connectivity index (χ0n) is 13.7. The van der Waals surface area contributed by atoms with E-state index in [-0.39, 0.29) is 21.4 Å². The van der Waals surface area contributed by atoms with E-state index < -0.39 is 32.6 Å². The van der Waals surface area contributed by atoms with E-state index in [1.54, 1.807) is 13.8 Å². The van der Waals surface area contributed by atoms with E-state index in [9.17, 15) is 23.3 Å². The molecule has 134 valence electrons. The number of halogens is 1. The molecule has 1 rings (SSSR count). The molecule has 8 nitrogen and oxygen atoms in total. The minimum Gasteiger partial charge on any atom is -0.468 e. The molecule has 2 atom stereocenters. The summed E-state index contributed by atoms with van der Waals surface area (Å²) in [6.45, 7) is 4.90. The minimum absolute atomic E-state index is 0.0530. The van der Waals surface area contributed by atoms with Crippen LogP contribution >= 0.6 is 11.6 Å². The van der Waals surface area contributed by atoms with Gasteiger partial charge in [0.25, 0.3) is 5.69 Å². The molecule has 0 unspecified atom stereocenters. The smallest absolute Gasteiger partial charge is 0.324 e. The Morgan fingerprint density at radius 2 is 2.04 bits per heavy atom. The summed E-state index contributed by atoms with van der Waals surface area (Å²) in [5, 5.41) is 11.0. The number of carbonyl (C=O) groups is 1. The van der Waals surface area contributed by atoms with Gasteiger partial charge in [0.15, 0.2) is 0 Å². The van der Waals surface area contributed by atoms with Crippen LogP contribution in [0.15, 0.2) is 17.0 Å². The van der Waals surface area contributed by atoms with Gasteiger partial charge >= 0.3 is 5.97 Å². The van der Waals surface area contributed by atoms with Gasteiger partial charge in [0.05, 0.1) is 22.0 Å². The highest BCUT2D eigenvalue weighted by Gasteiger charge is 2.31. The first kappa shape index (κ1) is 20.3. The third-order valence-electron chi connectivity index (χ3n) is 3.75. The van der Waals surface area contributed by atoms with Crippen molar-refractivity contribution in [1.82, 2.24) is 4.72 Å². The molecule has 24 heavy (non-hydrogen) atoms. The summed E-state index contributed by atoms with van der Waals surface area (Å²) >= 11 is 5.90. The van der Waals surface area contributed by atoms with E-state index in [1.165, 1.54) is 6.92 Å². The van der Waals surface area contributed by atoms with Crippen molar-refractivity contribution in [2.24, 2.45) is 5.92 Å². The highest BCUT2D eigenvalue weighted by molar-refractivity contribution is 7.89. The van der Waals surface area contributed by atoms with Crippen molar-refractivity contribution in [3.63, 3.8) is 0 Å². The second-order valence-corrected chi connectivity index (χ2v) is 7.44. The SMILES string of the molecule is CC[C@H](C)[C@@H](NS(=O)(=O)c1cc(Cl)c(C)c([N+](=O)[O-])c1)C(=O)OC. The summed E-state index contributed by atoms with van der Waals surface area (Å²) in [7, 11) is -3.05. The number of hydrogen-bond donors (Lipinski definition) is 1. The summed E-state index contributed by atoms with van der Waals surface area (Å²) in [6, 6.07) is 0.912. The Balaban J connectivity index is 3.34. The molecule has 0 bridgehead atoms. The molecule has 0 aliphatic heterocycles. The van der Waals surface area contributed by atoms with Crippen LogP contribution in [-0.2, 0) is 19.6 Å². The number of esters is 1. The summed E-state index contributed by atoms with van der Waals surface area (Å²) < 4.78 is 31.9. The lowest BCUT2D eigenvalue weighted by Crippen LogP contribution is -2.45. The number of hydrogen-bond acceptors (Lipinski definition) is 6. The van der Waals surface area contributed by atoms with E-state index in [0.717, 1.165) is 19.2 Å². The zero-order valence-corrected chi connectivity index (χ0v) is 15.3. The number of methoxy groups -OCH3 is 1. The Bertz CT molecular complexity index is 750. The van der Waals surface area contributed by atoms with Crippen LogP contribution in [0.1, 0.15) is 25.8 Å². The molecule has 1 aromatic rings. The molecule has 0 saturated heterocycles. The third kappa shape index (κ3) is 4.43. The molecule has 0 fully saturated rings. The minimum atomic E-state index is -4.20. The number of carbonyl (C=O) groups excluding carboxylic acids is 1. The Morgan fingerprint density at radius 1 is 1.46 bits per heavy atom. The van der Waals surface area contributed by atoms with E-state index >= 15 is 0 Å². The summed E-state index contributed by atoms with van der Waals surface area (Å²) in [4.78, 5) is 21.8. The normalized spacial score (nSPS) is 14.0. The van der Waals surface area contributed by atoms with Gasteiger partial charge in [0.1, 0.15) is 6.04 Å². The lowest BCUT2D eigenvalue weighted by Gasteiger charge is -2.21. The van der Waals surface area contributed by atoms with Gasteiger partial charge < -0.3 is 4.74 Å². The number of rotatable bonds is 7. The van der Waals surface area contributed by atoms with Gasteiger partial charge in [-0.25, -0.2) is 8.42 Å².